The molecule has 0 atom stereocenters. The Labute approximate surface area is 143 Å². The number of anilines is 1. The van der Waals surface area contributed by atoms with Crippen molar-refractivity contribution in [2.45, 2.75) is 33.1 Å². The molecule has 2 amide bonds. The molecular weight excluding hydrogens is 308 g/mol. The van der Waals surface area contributed by atoms with Crippen LogP contribution in [0.25, 0.3) is 0 Å². The summed E-state index contributed by atoms with van der Waals surface area (Å²) in [4.78, 5) is 39.2. The largest absolute Gasteiger partial charge is 0.465 e. The fourth-order valence-electron chi connectivity index (χ4n) is 2.36. The van der Waals surface area contributed by atoms with Crippen LogP contribution in [0.3, 0.4) is 0 Å². The molecule has 132 valence electrons. The molecule has 0 fully saturated rings. The van der Waals surface area contributed by atoms with Gasteiger partial charge in [-0.2, -0.15) is 0 Å². The number of ether oxygens (including phenoxy) is 1. The van der Waals surface area contributed by atoms with Crippen molar-refractivity contribution < 1.29 is 19.1 Å². The summed E-state index contributed by atoms with van der Waals surface area (Å²) in [5.74, 6) is -0.760. The lowest BCUT2D eigenvalue weighted by Gasteiger charge is -2.24. The van der Waals surface area contributed by atoms with Gasteiger partial charge in [-0.1, -0.05) is 25.5 Å². The number of carbonyl (C=O) groups excluding carboxylic acids is 3. The van der Waals surface area contributed by atoms with E-state index in [1.807, 2.05) is 0 Å². The molecule has 1 aromatic rings. The van der Waals surface area contributed by atoms with Crippen molar-refractivity contribution in [1.82, 2.24) is 4.90 Å². The number of benzene rings is 1. The topological polar surface area (TPSA) is 66.9 Å². The monoisotopic (exact) mass is 334 g/mol. The maximum Gasteiger partial charge on any atom is 0.339 e. The minimum atomic E-state index is -0.511. The Hall–Kier alpha value is -2.37. The van der Waals surface area contributed by atoms with Crippen LogP contribution in [0.1, 0.15) is 43.5 Å². The summed E-state index contributed by atoms with van der Waals surface area (Å²) in [5.41, 5.74) is 0.767. The molecule has 0 saturated heterocycles. The average Bonchev–Trinajstić information content (AvgIpc) is 2.58. The normalized spacial score (nSPS) is 10.2. The Morgan fingerprint density at radius 1 is 1.12 bits per heavy atom. The highest BCUT2D eigenvalue weighted by molar-refractivity contribution is 6.02. The summed E-state index contributed by atoms with van der Waals surface area (Å²) in [6.07, 6.45) is 2.17. The van der Waals surface area contributed by atoms with Crippen LogP contribution in [-0.2, 0) is 14.3 Å². The van der Waals surface area contributed by atoms with Gasteiger partial charge in [0.05, 0.1) is 18.4 Å². The first kappa shape index (κ1) is 19.7. The van der Waals surface area contributed by atoms with Gasteiger partial charge in [0.25, 0.3) is 0 Å². The molecule has 0 aliphatic heterocycles. The maximum atomic E-state index is 12.2. The smallest absolute Gasteiger partial charge is 0.339 e. The number of amides is 2. The number of para-hydroxylation sites is 1. The van der Waals surface area contributed by atoms with Crippen LogP contribution < -0.4 is 4.90 Å². The van der Waals surface area contributed by atoms with Gasteiger partial charge < -0.3 is 14.5 Å². The highest BCUT2D eigenvalue weighted by Gasteiger charge is 2.21. The van der Waals surface area contributed by atoms with Crippen LogP contribution in [0.5, 0.6) is 0 Å². The number of esters is 1. The first-order valence-electron chi connectivity index (χ1n) is 8.11. The molecule has 1 rings (SSSR count). The third-order valence-corrected chi connectivity index (χ3v) is 3.80. The van der Waals surface area contributed by atoms with Crippen molar-refractivity contribution in [3.8, 4) is 0 Å². The average molecular weight is 334 g/mol. The molecule has 1 aromatic carbocycles. The number of unbranched alkanes of at least 4 members (excludes halogenated alkanes) is 1. The predicted octanol–water partition coefficient (Wildman–Crippen LogP) is 2.47. The Kier molecular flexibility index (Phi) is 7.95. The SMILES string of the molecule is CCCCN(C)C(=O)CCN(C(C)=O)c1ccccc1C(=O)OC. The van der Waals surface area contributed by atoms with Crippen LogP contribution in [0.2, 0.25) is 0 Å². The second-order valence-electron chi connectivity index (χ2n) is 5.60. The van der Waals surface area contributed by atoms with Crippen LogP contribution in [0.15, 0.2) is 24.3 Å². The lowest BCUT2D eigenvalue weighted by Crippen LogP contribution is -2.35. The minimum absolute atomic E-state index is 0.0229. The number of carbonyl (C=O) groups is 3. The summed E-state index contributed by atoms with van der Waals surface area (Å²) in [6.45, 7) is 4.41. The van der Waals surface area contributed by atoms with E-state index >= 15 is 0 Å². The van der Waals surface area contributed by atoms with E-state index in [1.165, 1.54) is 18.9 Å². The summed E-state index contributed by atoms with van der Waals surface area (Å²) >= 11 is 0. The molecule has 0 bridgehead atoms. The van der Waals surface area contributed by atoms with Crippen LogP contribution in [0, 0.1) is 0 Å². The Morgan fingerprint density at radius 3 is 2.38 bits per heavy atom. The van der Waals surface area contributed by atoms with E-state index in [1.54, 1.807) is 36.2 Å². The van der Waals surface area contributed by atoms with E-state index in [2.05, 4.69) is 6.92 Å². The Balaban J connectivity index is 2.88. The van der Waals surface area contributed by atoms with E-state index in [4.69, 9.17) is 4.74 Å². The van der Waals surface area contributed by atoms with Crippen LogP contribution in [0.4, 0.5) is 5.69 Å². The Morgan fingerprint density at radius 2 is 1.79 bits per heavy atom. The highest BCUT2D eigenvalue weighted by Crippen LogP contribution is 2.22. The third kappa shape index (κ3) is 5.37. The fourth-order valence-corrected chi connectivity index (χ4v) is 2.36. The third-order valence-electron chi connectivity index (χ3n) is 3.80. The van der Waals surface area contributed by atoms with Gasteiger partial charge in [0.15, 0.2) is 0 Å². The molecule has 0 spiro atoms. The minimum Gasteiger partial charge on any atom is -0.465 e. The summed E-state index contributed by atoms with van der Waals surface area (Å²) in [6, 6.07) is 6.73. The van der Waals surface area contributed by atoms with Crippen LogP contribution in [-0.4, -0.2) is 49.9 Å². The zero-order valence-electron chi connectivity index (χ0n) is 14.9. The summed E-state index contributed by atoms with van der Waals surface area (Å²) in [7, 11) is 3.06. The molecule has 0 aliphatic rings. The zero-order valence-corrected chi connectivity index (χ0v) is 14.9. The standard InChI is InChI=1S/C18H26N2O4/c1-5-6-12-19(3)17(22)11-13-20(14(2)21)16-10-8-7-9-15(16)18(23)24-4/h7-10H,5-6,11-13H2,1-4H3. The summed E-state index contributed by atoms with van der Waals surface area (Å²) < 4.78 is 4.76. The van der Waals surface area contributed by atoms with Gasteiger partial charge in [-0.3, -0.25) is 9.59 Å². The second kappa shape index (κ2) is 9.70. The molecule has 6 nitrogen and oxygen atoms in total. The van der Waals surface area contributed by atoms with Gasteiger partial charge in [0.2, 0.25) is 11.8 Å². The van der Waals surface area contributed by atoms with Crippen molar-refractivity contribution in [1.29, 1.82) is 0 Å². The van der Waals surface area contributed by atoms with Gasteiger partial charge in [0.1, 0.15) is 0 Å². The van der Waals surface area contributed by atoms with Gasteiger partial charge in [-0.25, -0.2) is 4.79 Å². The van der Waals surface area contributed by atoms with E-state index in [9.17, 15) is 14.4 Å². The van der Waals surface area contributed by atoms with Crippen molar-refractivity contribution in [3.05, 3.63) is 29.8 Å². The molecule has 6 heteroatoms. The van der Waals surface area contributed by atoms with Gasteiger partial charge in [-0.05, 0) is 18.6 Å². The highest BCUT2D eigenvalue weighted by atomic mass is 16.5. The fraction of sp³-hybridized carbons (Fsp3) is 0.500. The quantitative estimate of drug-likeness (QED) is 0.685. The van der Waals surface area contributed by atoms with Gasteiger partial charge >= 0.3 is 5.97 Å². The lowest BCUT2D eigenvalue weighted by atomic mass is 10.1. The molecule has 24 heavy (non-hydrogen) atoms. The molecule has 0 N–H and O–H groups in total. The Bertz CT molecular complexity index is 586. The number of nitrogens with zero attached hydrogens (tertiary/aromatic N) is 2. The summed E-state index contributed by atoms with van der Waals surface area (Å²) in [5, 5.41) is 0. The lowest BCUT2D eigenvalue weighted by molar-refractivity contribution is -0.129. The maximum absolute atomic E-state index is 12.2. The molecule has 0 aromatic heterocycles. The van der Waals surface area contributed by atoms with Gasteiger partial charge in [-0.15, -0.1) is 0 Å². The molecular formula is C18H26N2O4. The molecule has 0 aliphatic carbocycles. The van der Waals surface area contributed by atoms with Crippen molar-refractivity contribution in [3.63, 3.8) is 0 Å². The van der Waals surface area contributed by atoms with Crippen molar-refractivity contribution >= 4 is 23.5 Å². The molecule has 0 radical (unpaired) electrons. The number of hydrogen-bond acceptors (Lipinski definition) is 4. The number of hydrogen-bond donors (Lipinski definition) is 0. The van der Waals surface area contributed by atoms with Crippen molar-refractivity contribution in [2.24, 2.45) is 0 Å². The first-order valence-corrected chi connectivity index (χ1v) is 8.11. The second-order valence-corrected chi connectivity index (χ2v) is 5.60. The number of rotatable bonds is 8. The molecule has 0 saturated carbocycles. The first-order chi connectivity index (χ1) is 11.4. The van der Waals surface area contributed by atoms with Crippen molar-refractivity contribution in [2.75, 3.05) is 32.1 Å². The van der Waals surface area contributed by atoms with E-state index in [0.717, 1.165) is 12.8 Å². The number of methoxy groups -OCH3 is 1. The van der Waals surface area contributed by atoms with Gasteiger partial charge in [0, 0.05) is 33.5 Å². The zero-order chi connectivity index (χ0) is 18.1. The van der Waals surface area contributed by atoms with E-state index < -0.39 is 5.97 Å². The van der Waals surface area contributed by atoms with E-state index in [-0.39, 0.29) is 24.8 Å². The van der Waals surface area contributed by atoms with Crippen LogP contribution >= 0.6 is 0 Å². The van der Waals surface area contributed by atoms with E-state index in [0.29, 0.717) is 17.8 Å². The molecule has 0 unspecified atom stereocenters. The molecule has 0 heterocycles. The predicted molar refractivity (Wildman–Crippen MR) is 93.0 cm³/mol.